The van der Waals surface area contributed by atoms with Crippen molar-refractivity contribution in [2.45, 2.75) is 12.8 Å². The van der Waals surface area contributed by atoms with E-state index in [2.05, 4.69) is 20.8 Å². The molecule has 1 saturated heterocycles. The third-order valence-corrected chi connectivity index (χ3v) is 3.52. The van der Waals surface area contributed by atoms with Gasteiger partial charge in [0.2, 0.25) is 0 Å². The highest BCUT2D eigenvalue weighted by Gasteiger charge is 2.18. The Balaban J connectivity index is 2.14. The predicted octanol–water partition coefficient (Wildman–Crippen LogP) is 2.74. The van der Waals surface area contributed by atoms with Crippen molar-refractivity contribution in [3.63, 3.8) is 0 Å². The summed E-state index contributed by atoms with van der Waals surface area (Å²) in [4.78, 5) is 14.4. The number of ketones is 1. The lowest BCUT2D eigenvalue weighted by Crippen LogP contribution is -2.27. The second kappa shape index (κ2) is 5.65. The molecule has 0 aliphatic carbocycles. The summed E-state index contributed by atoms with van der Waals surface area (Å²) in [6.45, 7) is 2.55. The molecule has 0 unspecified atom stereocenters. The van der Waals surface area contributed by atoms with Gasteiger partial charge in [0.1, 0.15) is 5.75 Å². The van der Waals surface area contributed by atoms with Crippen LogP contribution in [-0.4, -0.2) is 37.4 Å². The van der Waals surface area contributed by atoms with Crippen molar-refractivity contribution in [1.29, 1.82) is 0 Å². The molecule has 0 amide bonds. The maximum absolute atomic E-state index is 12.2. The zero-order chi connectivity index (χ0) is 12.3. The summed E-state index contributed by atoms with van der Waals surface area (Å²) in [6.07, 6.45) is 2.39. The van der Waals surface area contributed by atoms with Crippen LogP contribution in [-0.2, 0) is 0 Å². The van der Waals surface area contributed by atoms with Crippen LogP contribution in [0.4, 0.5) is 0 Å². The van der Waals surface area contributed by atoms with Crippen molar-refractivity contribution in [3.8, 4) is 5.75 Å². The number of hydrogen-bond acceptors (Lipinski definition) is 3. The molecule has 3 nitrogen and oxygen atoms in total. The first-order chi connectivity index (χ1) is 8.20. The molecule has 4 heteroatoms. The van der Waals surface area contributed by atoms with E-state index in [1.54, 1.807) is 7.11 Å². The number of likely N-dealkylation sites (tertiary alicyclic amines) is 1. The Bertz CT molecular complexity index is 414. The highest BCUT2D eigenvalue weighted by molar-refractivity contribution is 9.10. The fraction of sp³-hybridized carbons (Fsp3) is 0.462. The number of methoxy groups -OCH3 is 1. The quantitative estimate of drug-likeness (QED) is 0.801. The minimum Gasteiger partial charge on any atom is -0.496 e. The molecule has 1 fully saturated rings. The van der Waals surface area contributed by atoms with Crippen LogP contribution in [0.3, 0.4) is 0 Å². The summed E-state index contributed by atoms with van der Waals surface area (Å²) >= 11 is 3.39. The predicted molar refractivity (Wildman–Crippen MR) is 70.7 cm³/mol. The van der Waals surface area contributed by atoms with Gasteiger partial charge in [0, 0.05) is 4.47 Å². The van der Waals surface area contributed by atoms with E-state index in [-0.39, 0.29) is 5.78 Å². The molecule has 92 valence electrons. The Kier molecular flexibility index (Phi) is 4.18. The van der Waals surface area contributed by atoms with E-state index in [1.807, 2.05) is 18.2 Å². The lowest BCUT2D eigenvalue weighted by Gasteiger charge is -2.14. The largest absolute Gasteiger partial charge is 0.496 e. The normalized spacial score (nSPS) is 16.1. The first-order valence-corrected chi connectivity index (χ1v) is 6.59. The lowest BCUT2D eigenvalue weighted by atomic mass is 10.1. The van der Waals surface area contributed by atoms with E-state index in [0.717, 1.165) is 17.6 Å². The van der Waals surface area contributed by atoms with Crippen LogP contribution in [0.2, 0.25) is 0 Å². The molecule has 1 heterocycles. The highest BCUT2D eigenvalue weighted by atomic mass is 79.9. The van der Waals surface area contributed by atoms with Crippen LogP contribution < -0.4 is 4.74 Å². The van der Waals surface area contributed by atoms with Crippen LogP contribution >= 0.6 is 15.9 Å². The molecular weight excluding hydrogens is 282 g/mol. The molecule has 0 radical (unpaired) electrons. The number of halogens is 1. The zero-order valence-electron chi connectivity index (χ0n) is 9.91. The second-order valence-corrected chi connectivity index (χ2v) is 5.17. The summed E-state index contributed by atoms with van der Waals surface area (Å²) < 4.78 is 6.13. The van der Waals surface area contributed by atoms with Crippen molar-refractivity contribution in [2.75, 3.05) is 26.7 Å². The van der Waals surface area contributed by atoms with Crippen molar-refractivity contribution in [2.24, 2.45) is 0 Å². The molecule has 1 aromatic carbocycles. The fourth-order valence-corrected chi connectivity index (χ4v) is 2.49. The van der Waals surface area contributed by atoms with Gasteiger partial charge in [0.05, 0.1) is 19.2 Å². The van der Waals surface area contributed by atoms with Gasteiger partial charge in [-0.25, -0.2) is 0 Å². The van der Waals surface area contributed by atoms with Crippen LogP contribution in [0.15, 0.2) is 22.7 Å². The molecule has 0 bridgehead atoms. The monoisotopic (exact) mass is 297 g/mol. The standard InChI is InChI=1S/C13H16BrNO2/c1-17-13-5-4-10(14)8-11(13)12(16)9-15-6-2-3-7-15/h4-5,8H,2-3,6-7,9H2,1H3. The van der Waals surface area contributed by atoms with Gasteiger partial charge in [0.15, 0.2) is 5.78 Å². The van der Waals surface area contributed by atoms with E-state index >= 15 is 0 Å². The van der Waals surface area contributed by atoms with E-state index in [1.165, 1.54) is 12.8 Å². The van der Waals surface area contributed by atoms with E-state index in [4.69, 9.17) is 4.74 Å². The molecule has 0 atom stereocenters. The Hall–Kier alpha value is -0.870. The summed E-state index contributed by atoms with van der Waals surface area (Å²) in [5, 5.41) is 0. The average molecular weight is 298 g/mol. The number of nitrogens with zero attached hydrogens (tertiary/aromatic N) is 1. The van der Waals surface area contributed by atoms with Gasteiger partial charge in [-0.15, -0.1) is 0 Å². The number of benzene rings is 1. The second-order valence-electron chi connectivity index (χ2n) is 4.25. The molecule has 0 N–H and O–H groups in total. The molecule has 2 rings (SSSR count). The minimum atomic E-state index is 0.130. The van der Waals surface area contributed by atoms with Crippen molar-refractivity contribution in [1.82, 2.24) is 4.90 Å². The van der Waals surface area contributed by atoms with Gasteiger partial charge in [-0.2, -0.15) is 0 Å². The highest BCUT2D eigenvalue weighted by Crippen LogP contribution is 2.24. The van der Waals surface area contributed by atoms with Crippen LogP contribution in [0.25, 0.3) is 0 Å². The molecule has 0 saturated carbocycles. The first kappa shape index (κ1) is 12.6. The van der Waals surface area contributed by atoms with Gasteiger partial charge >= 0.3 is 0 Å². The summed E-state index contributed by atoms with van der Waals surface area (Å²) in [5.74, 6) is 0.780. The van der Waals surface area contributed by atoms with Gasteiger partial charge in [-0.1, -0.05) is 15.9 Å². The Labute approximate surface area is 110 Å². The van der Waals surface area contributed by atoms with Gasteiger partial charge in [0.25, 0.3) is 0 Å². The average Bonchev–Trinajstić information content (AvgIpc) is 2.81. The van der Waals surface area contributed by atoms with Crippen molar-refractivity contribution >= 4 is 21.7 Å². The molecule has 1 aliphatic heterocycles. The Morgan fingerprint density at radius 3 is 2.76 bits per heavy atom. The van der Waals surface area contributed by atoms with Crippen LogP contribution in [0.1, 0.15) is 23.2 Å². The molecular formula is C13H16BrNO2. The third-order valence-electron chi connectivity index (χ3n) is 3.03. The molecule has 1 aromatic rings. The maximum Gasteiger partial charge on any atom is 0.180 e. The van der Waals surface area contributed by atoms with E-state index in [0.29, 0.717) is 17.9 Å². The number of Topliss-reactive ketones (excluding diaryl/α,β-unsaturated/α-hetero) is 1. The van der Waals surface area contributed by atoms with Crippen LogP contribution in [0.5, 0.6) is 5.75 Å². The molecule has 17 heavy (non-hydrogen) atoms. The number of carbonyl (C=O) groups is 1. The summed E-state index contributed by atoms with van der Waals surface area (Å²) in [7, 11) is 1.59. The number of rotatable bonds is 4. The smallest absolute Gasteiger partial charge is 0.180 e. The van der Waals surface area contributed by atoms with Gasteiger partial charge in [-0.3, -0.25) is 9.69 Å². The van der Waals surface area contributed by atoms with Crippen molar-refractivity contribution in [3.05, 3.63) is 28.2 Å². The topological polar surface area (TPSA) is 29.5 Å². The molecule has 1 aliphatic rings. The van der Waals surface area contributed by atoms with E-state index < -0.39 is 0 Å². The van der Waals surface area contributed by atoms with Gasteiger partial charge in [-0.05, 0) is 44.1 Å². The Morgan fingerprint density at radius 1 is 1.41 bits per heavy atom. The summed E-state index contributed by atoms with van der Waals surface area (Å²) in [6, 6.07) is 5.53. The number of hydrogen-bond donors (Lipinski definition) is 0. The SMILES string of the molecule is COc1ccc(Br)cc1C(=O)CN1CCCC1. The molecule has 0 aromatic heterocycles. The maximum atomic E-state index is 12.2. The first-order valence-electron chi connectivity index (χ1n) is 5.80. The lowest BCUT2D eigenvalue weighted by molar-refractivity contribution is 0.0942. The third kappa shape index (κ3) is 3.07. The van der Waals surface area contributed by atoms with Gasteiger partial charge < -0.3 is 4.74 Å². The fourth-order valence-electron chi connectivity index (χ4n) is 2.13. The zero-order valence-corrected chi connectivity index (χ0v) is 11.5. The number of ether oxygens (including phenoxy) is 1. The van der Waals surface area contributed by atoms with Crippen molar-refractivity contribution < 1.29 is 9.53 Å². The number of carbonyl (C=O) groups excluding carboxylic acids is 1. The summed E-state index contributed by atoms with van der Waals surface area (Å²) in [5.41, 5.74) is 0.661. The Morgan fingerprint density at radius 2 is 2.12 bits per heavy atom. The minimum absolute atomic E-state index is 0.130. The molecule has 0 spiro atoms. The van der Waals surface area contributed by atoms with Crippen LogP contribution in [0, 0.1) is 0 Å². The van der Waals surface area contributed by atoms with E-state index in [9.17, 15) is 4.79 Å².